The van der Waals surface area contributed by atoms with Crippen molar-refractivity contribution < 1.29 is 9.59 Å². The zero-order chi connectivity index (χ0) is 21.2. The molecule has 164 valence electrons. The molecule has 0 aromatic carbocycles. The molecule has 0 bridgehead atoms. The number of nitrogens with zero attached hydrogens (tertiary/aromatic N) is 3. The average molecular weight is 405 g/mol. The third kappa shape index (κ3) is 7.41. The van der Waals surface area contributed by atoms with Crippen LogP contribution in [-0.4, -0.2) is 52.0 Å². The molecule has 2 rings (SSSR count). The molecular formula is C23H40N4O2. The van der Waals surface area contributed by atoms with E-state index in [0.717, 1.165) is 44.2 Å². The first-order chi connectivity index (χ1) is 13.9. The largest absolute Gasteiger partial charge is 0.353 e. The van der Waals surface area contributed by atoms with Gasteiger partial charge in [0.1, 0.15) is 6.54 Å². The van der Waals surface area contributed by atoms with E-state index in [9.17, 15) is 9.59 Å². The van der Waals surface area contributed by atoms with E-state index in [0.29, 0.717) is 25.6 Å². The van der Waals surface area contributed by atoms with Crippen LogP contribution < -0.4 is 5.32 Å². The van der Waals surface area contributed by atoms with E-state index in [1.54, 1.807) is 0 Å². The van der Waals surface area contributed by atoms with Gasteiger partial charge in [0.2, 0.25) is 5.91 Å². The minimum Gasteiger partial charge on any atom is -0.353 e. The van der Waals surface area contributed by atoms with Crippen molar-refractivity contribution in [2.75, 3.05) is 19.6 Å². The molecule has 1 aliphatic rings. The number of rotatable bonds is 10. The molecule has 0 aliphatic heterocycles. The van der Waals surface area contributed by atoms with Crippen LogP contribution in [0.5, 0.6) is 0 Å². The molecule has 0 radical (unpaired) electrons. The van der Waals surface area contributed by atoms with Crippen molar-refractivity contribution in [1.82, 2.24) is 19.7 Å². The van der Waals surface area contributed by atoms with Crippen molar-refractivity contribution in [3.05, 3.63) is 24.0 Å². The fourth-order valence-electron chi connectivity index (χ4n) is 4.03. The molecule has 1 aromatic rings. The number of hydrogen-bond acceptors (Lipinski definition) is 2. The molecular weight excluding hydrogens is 364 g/mol. The van der Waals surface area contributed by atoms with E-state index in [-0.39, 0.29) is 24.5 Å². The molecule has 29 heavy (non-hydrogen) atoms. The Morgan fingerprint density at radius 3 is 2.55 bits per heavy atom. The molecule has 1 saturated carbocycles. The van der Waals surface area contributed by atoms with Gasteiger partial charge in [-0.05, 0) is 37.3 Å². The standard InChI is InChI=1S/C23H40N4O2/c1-5-6-14-24-23(29)27(20-11-8-7-9-12-20)18-22(28)26(16-19(2)3)17-21-13-10-15-25(21)4/h10,13,15,19-20H,5-9,11-12,14,16-18H2,1-4H3,(H,24,29). The molecule has 0 saturated heterocycles. The monoisotopic (exact) mass is 404 g/mol. The topological polar surface area (TPSA) is 57.6 Å². The van der Waals surface area contributed by atoms with Gasteiger partial charge in [-0.1, -0.05) is 46.5 Å². The van der Waals surface area contributed by atoms with Crippen molar-refractivity contribution in [2.24, 2.45) is 13.0 Å². The lowest BCUT2D eigenvalue weighted by molar-refractivity contribution is -0.133. The van der Waals surface area contributed by atoms with Gasteiger partial charge in [0.25, 0.3) is 0 Å². The normalized spacial score (nSPS) is 14.8. The minimum atomic E-state index is -0.0814. The van der Waals surface area contributed by atoms with E-state index in [1.807, 2.05) is 29.1 Å². The third-order valence-corrected chi connectivity index (χ3v) is 5.73. The van der Waals surface area contributed by atoms with Crippen LogP contribution >= 0.6 is 0 Å². The highest BCUT2D eigenvalue weighted by atomic mass is 16.2. The number of aromatic nitrogens is 1. The Morgan fingerprint density at radius 1 is 1.24 bits per heavy atom. The number of nitrogens with one attached hydrogen (secondary N) is 1. The SMILES string of the molecule is CCCCNC(=O)N(CC(=O)N(Cc1cccn1C)CC(C)C)C1CCCCC1. The van der Waals surface area contributed by atoms with Gasteiger partial charge in [-0.2, -0.15) is 0 Å². The Kier molecular flexibility index (Phi) is 9.55. The lowest BCUT2D eigenvalue weighted by atomic mass is 9.94. The lowest BCUT2D eigenvalue weighted by Crippen LogP contribution is -2.52. The molecule has 0 atom stereocenters. The Bertz CT molecular complexity index is 635. The van der Waals surface area contributed by atoms with Crippen LogP contribution in [0.15, 0.2) is 18.3 Å². The zero-order valence-electron chi connectivity index (χ0n) is 18.8. The number of urea groups is 1. The molecule has 0 spiro atoms. The highest BCUT2D eigenvalue weighted by Gasteiger charge is 2.29. The second-order valence-electron chi connectivity index (χ2n) is 8.78. The second kappa shape index (κ2) is 11.9. The molecule has 3 amide bonds. The predicted octanol–water partition coefficient (Wildman–Crippen LogP) is 4.15. The van der Waals surface area contributed by atoms with Gasteiger partial charge in [-0.15, -0.1) is 0 Å². The van der Waals surface area contributed by atoms with E-state index < -0.39 is 0 Å². The summed E-state index contributed by atoms with van der Waals surface area (Å²) in [5, 5.41) is 3.03. The molecule has 1 heterocycles. The van der Waals surface area contributed by atoms with Crippen LogP contribution in [0.4, 0.5) is 4.79 Å². The zero-order valence-corrected chi connectivity index (χ0v) is 18.8. The molecule has 6 heteroatoms. The van der Waals surface area contributed by atoms with Crippen molar-refractivity contribution in [1.29, 1.82) is 0 Å². The summed E-state index contributed by atoms with van der Waals surface area (Å²) < 4.78 is 2.05. The van der Waals surface area contributed by atoms with Gasteiger partial charge in [0.05, 0.1) is 6.54 Å². The first-order valence-corrected chi connectivity index (χ1v) is 11.3. The Hall–Kier alpha value is -1.98. The van der Waals surface area contributed by atoms with E-state index in [4.69, 9.17) is 0 Å². The van der Waals surface area contributed by atoms with Crippen LogP contribution in [0.3, 0.4) is 0 Å². The Balaban J connectivity index is 2.10. The molecule has 6 nitrogen and oxygen atoms in total. The van der Waals surface area contributed by atoms with E-state index >= 15 is 0 Å². The number of carbonyl (C=O) groups is 2. The van der Waals surface area contributed by atoms with Crippen LogP contribution in [0, 0.1) is 5.92 Å². The molecule has 1 aliphatic carbocycles. The average Bonchev–Trinajstić information content (AvgIpc) is 3.10. The second-order valence-corrected chi connectivity index (χ2v) is 8.78. The van der Waals surface area contributed by atoms with Gasteiger partial charge >= 0.3 is 6.03 Å². The predicted molar refractivity (Wildman–Crippen MR) is 118 cm³/mol. The number of carbonyl (C=O) groups excluding carboxylic acids is 2. The highest BCUT2D eigenvalue weighted by Crippen LogP contribution is 2.23. The summed E-state index contributed by atoms with van der Waals surface area (Å²) in [6.45, 7) is 8.48. The van der Waals surface area contributed by atoms with Crippen molar-refractivity contribution in [3.63, 3.8) is 0 Å². The first kappa shape index (κ1) is 23.3. The number of unbranched alkanes of at least 4 members (excludes halogenated alkanes) is 1. The maximum Gasteiger partial charge on any atom is 0.318 e. The minimum absolute atomic E-state index is 0.0381. The van der Waals surface area contributed by atoms with Crippen molar-refractivity contribution in [2.45, 2.75) is 78.3 Å². The summed E-state index contributed by atoms with van der Waals surface area (Å²) >= 11 is 0. The van der Waals surface area contributed by atoms with E-state index in [2.05, 4.69) is 36.7 Å². The van der Waals surface area contributed by atoms with Gasteiger partial charge in [0, 0.05) is 38.1 Å². The van der Waals surface area contributed by atoms with Gasteiger partial charge in [0.15, 0.2) is 0 Å². The maximum atomic E-state index is 13.3. The maximum absolute atomic E-state index is 13.3. The van der Waals surface area contributed by atoms with Gasteiger partial charge in [-0.3, -0.25) is 4.79 Å². The van der Waals surface area contributed by atoms with Gasteiger partial charge < -0.3 is 19.7 Å². The van der Waals surface area contributed by atoms with Crippen molar-refractivity contribution >= 4 is 11.9 Å². The molecule has 0 unspecified atom stereocenters. The van der Waals surface area contributed by atoms with Crippen LogP contribution in [-0.2, 0) is 18.4 Å². The van der Waals surface area contributed by atoms with Crippen LogP contribution in [0.25, 0.3) is 0 Å². The van der Waals surface area contributed by atoms with E-state index in [1.165, 1.54) is 6.42 Å². The number of amides is 3. The molecule has 1 fully saturated rings. The summed E-state index contributed by atoms with van der Waals surface area (Å²) in [6, 6.07) is 4.15. The third-order valence-electron chi connectivity index (χ3n) is 5.73. The Labute approximate surface area is 176 Å². The smallest absolute Gasteiger partial charge is 0.318 e. The fourth-order valence-corrected chi connectivity index (χ4v) is 4.03. The quantitative estimate of drug-likeness (QED) is 0.596. The highest BCUT2D eigenvalue weighted by molar-refractivity contribution is 5.84. The van der Waals surface area contributed by atoms with Crippen molar-refractivity contribution in [3.8, 4) is 0 Å². The molecule has 1 N–H and O–H groups in total. The lowest BCUT2D eigenvalue weighted by Gasteiger charge is -2.35. The first-order valence-electron chi connectivity index (χ1n) is 11.3. The number of aryl methyl sites for hydroxylation is 1. The summed E-state index contributed by atoms with van der Waals surface area (Å²) in [5.74, 6) is 0.414. The Morgan fingerprint density at radius 2 is 1.97 bits per heavy atom. The summed E-state index contributed by atoms with van der Waals surface area (Å²) in [7, 11) is 2.00. The fraction of sp³-hybridized carbons (Fsp3) is 0.739. The number of hydrogen-bond donors (Lipinski definition) is 1. The summed E-state index contributed by atoms with van der Waals surface area (Å²) in [6.07, 6.45) is 9.50. The van der Waals surface area contributed by atoms with Gasteiger partial charge in [-0.25, -0.2) is 4.79 Å². The molecule has 1 aromatic heterocycles. The van der Waals surface area contributed by atoms with Crippen LogP contribution in [0.2, 0.25) is 0 Å². The van der Waals surface area contributed by atoms with Crippen LogP contribution in [0.1, 0.15) is 71.4 Å². The summed E-state index contributed by atoms with van der Waals surface area (Å²) in [4.78, 5) is 29.9. The summed E-state index contributed by atoms with van der Waals surface area (Å²) in [5.41, 5.74) is 1.11.